The molecule has 1 fully saturated rings. The molecule has 21 heavy (non-hydrogen) atoms. The van der Waals surface area contributed by atoms with E-state index in [1.54, 1.807) is 11.8 Å². The lowest BCUT2D eigenvalue weighted by Gasteiger charge is -2.29. The average Bonchev–Trinajstić information content (AvgIpc) is 2.48. The van der Waals surface area contributed by atoms with E-state index >= 15 is 0 Å². The molecule has 2 heterocycles. The van der Waals surface area contributed by atoms with E-state index in [1.165, 1.54) is 0 Å². The highest BCUT2D eigenvalue weighted by Gasteiger charge is 2.14. The molecule has 1 aromatic rings. The van der Waals surface area contributed by atoms with E-state index < -0.39 is 0 Å². The molecular formula is C14H25N5OS. The Morgan fingerprint density at radius 3 is 2.71 bits per heavy atom. The molecule has 0 radical (unpaired) electrons. The number of thioether (sulfide) groups is 1. The molecule has 1 aliphatic rings. The van der Waals surface area contributed by atoms with E-state index in [0.717, 1.165) is 56.2 Å². The minimum atomic E-state index is 0.335. The van der Waals surface area contributed by atoms with E-state index in [0.29, 0.717) is 6.04 Å². The number of nitrogens with zero attached hydrogens (tertiary/aromatic N) is 3. The summed E-state index contributed by atoms with van der Waals surface area (Å²) in [4.78, 5) is 11.4. The molecule has 0 aromatic carbocycles. The molecule has 0 spiro atoms. The van der Waals surface area contributed by atoms with Crippen molar-refractivity contribution in [1.82, 2.24) is 14.9 Å². The van der Waals surface area contributed by atoms with Crippen molar-refractivity contribution in [2.45, 2.75) is 25.0 Å². The van der Waals surface area contributed by atoms with E-state index in [2.05, 4.69) is 39.3 Å². The van der Waals surface area contributed by atoms with Crippen LogP contribution in [0.1, 0.15) is 13.8 Å². The number of nitrogens with one attached hydrogen (secondary N) is 2. The predicted octanol–water partition coefficient (Wildman–Crippen LogP) is 1.76. The van der Waals surface area contributed by atoms with Gasteiger partial charge >= 0.3 is 0 Å². The number of morpholine rings is 1. The van der Waals surface area contributed by atoms with E-state index in [9.17, 15) is 0 Å². The second-order valence-electron chi connectivity index (χ2n) is 5.11. The molecule has 0 bridgehead atoms. The van der Waals surface area contributed by atoms with Gasteiger partial charge in [0, 0.05) is 38.3 Å². The van der Waals surface area contributed by atoms with Gasteiger partial charge in [-0.05, 0) is 20.1 Å². The Bertz CT molecular complexity index is 439. The molecule has 1 aromatic heterocycles. The highest BCUT2D eigenvalue weighted by molar-refractivity contribution is 7.98. The van der Waals surface area contributed by atoms with Gasteiger partial charge in [-0.15, -0.1) is 0 Å². The normalized spacial score (nSPS) is 17.5. The predicted molar refractivity (Wildman–Crippen MR) is 88.3 cm³/mol. The SMILES string of the molecule is CCNc1cc(NC(C)CN2CCOCC2)nc(SC)n1. The topological polar surface area (TPSA) is 62.3 Å². The van der Waals surface area contributed by atoms with Crippen LogP contribution in [-0.2, 0) is 4.74 Å². The van der Waals surface area contributed by atoms with Crippen LogP contribution in [0.15, 0.2) is 11.2 Å². The van der Waals surface area contributed by atoms with Crippen LogP contribution in [0.4, 0.5) is 11.6 Å². The minimum absolute atomic E-state index is 0.335. The average molecular weight is 311 g/mol. The molecule has 2 rings (SSSR count). The Labute approximate surface area is 131 Å². The molecule has 2 N–H and O–H groups in total. The maximum absolute atomic E-state index is 5.38. The standard InChI is InChI=1S/C14H25N5OS/c1-4-15-12-9-13(18-14(17-12)21-3)16-11(2)10-19-5-7-20-8-6-19/h9,11H,4-8,10H2,1-3H3,(H2,15,16,17,18). The van der Waals surface area contributed by atoms with Crippen molar-refractivity contribution < 1.29 is 4.74 Å². The van der Waals surface area contributed by atoms with Crippen LogP contribution in [0, 0.1) is 0 Å². The van der Waals surface area contributed by atoms with Gasteiger partial charge in [0.05, 0.1) is 13.2 Å². The van der Waals surface area contributed by atoms with Crippen molar-refractivity contribution >= 4 is 23.4 Å². The Morgan fingerprint density at radius 2 is 2.05 bits per heavy atom. The highest BCUT2D eigenvalue weighted by Crippen LogP contribution is 2.18. The zero-order chi connectivity index (χ0) is 15.1. The summed E-state index contributed by atoms with van der Waals surface area (Å²) < 4.78 is 5.38. The van der Waals surface area contributed by atoms with Crippen LogP contribution in [0.5, 0.6) is 0 Å². The van der Waals surface area contributed by atoms with Gasteiger partial charge in [0.15, 0.2) is 5.16 Å². The maximum Gasteiger partial charge on any atom is 0.191 e. The number of hydrogen-bond donors (Lipinski definition) is 2. The highest BCUT2D eigenvalue weighted by atomic mass is 32.2. The van der Waals surface area contributed by atoms with Gasteiger partial charge in [-0.25, -0.2) is 9.97 Å². The van der Waals surface area contributed by atoms with E-state index in [4.69, 9.17) is 4.74 Å². The van der Waals surface area contributed by atoms with Gasteiger partial charge in [0.25, 0.3) is 0 Å². The molecule has 0 amide bonds. The first-order valence-electron chi connectivity index (χ1n) is 7.45. The lowest BCUT2D eigenvalue weighted by molar-refractivity contribution is 0.0368. The molecule has 1 aliphatic heterocycles. The number of rotatable bonds is 7. The number of anilines is 2. The first kappa shape index (κ1) is 16.3. The second-order valence-corrected chi connectivity index (χ2v) is 5.89. The summed E-state index contributed by atoms with van der Waals surface area (Å²) in [5.74, 6) is 1.75. The third-order valence-corrected chi connectivity index (χ3v) is 3.82. The van der Waals surface area contributed by atoms with Crippen LogP contribution in [0.2, 0.25) is 0 Å². The summed E-state index contributed by atoms with van der Waals surface area (Å²) in [6.07, 6.45) is 1.99. The van der Waals surface area contributed by atoms with Crippen molar-refractivity contribution in [2.75, 3.05) is 56.3 Å². The molecule has 0 saturated carbocycles. The molecule has 118 valence electrons. The van der Waals surface area contributed by atoms with Crippen LogP contribution in [-0.4, -0.2) is 66.6 Å². The third kappa shape index (κ3) is 5.33. The number of ether oxygens (including phenoxy) is 1. The van der Waals surface area contributed by atoms with Crippen molar-refractivity contribution in [2.24, 2.45) is 0 Å². The fraction of sp³-hybridized carbons (Fsp3) is 0.714. The van der Waals surface area contributed by atoms with Crippen LogP contribution >= 0.6 is 11.8 Å². The zero-order valence-corrected chi connectivity index (χ0v) is 13.9. The summed E-state index contributed by atoms with van der Waals surface area (Å²) in [6, 6.07) is 2.31. The summed E-state index contributed by atoms with van der Waals surface area (Å²) in [7, 11) is 0. The van der Waals surface area contributed by atoms with Crippen LogP contribution in [0.25, 0.3) is 0 Å². The third-order valence-electron chi connectivity index (χ3n) is 3.28. The summed E-state index contributed by atoms with van der Waals surface area (Å²) in [5, 5.41) is 7.51. The Kier molecular flexibility index (Phi) is 6.53. The molecule has 1 atom stereocenters. The molecule has 6 nitrogen and oxygen atoms in total. The molecule has 0 aliphatic carbocycles. The molecule has 1 saturated heterocycles. The van der Waals surface area contributed by atoms with Gasteiger partial charge in [-0.3, -0.25) is 4.90 Å². The lowest BCUT2D eigenvalue weighted by atomic mass is 10.3. The zero-order valence-electron chi connectivity index (χ0n) is 13.1. The van der Waals surface area contributed by atoms with Crippen molar-refractivity contribution in [3.05, 3.63) is 6.07 Å². The quantitative estimate of drug-likeness (QED) is 0.587. The first-order chi connectivity index (χ1) is 10.2. The van der Waals surface area contributed by atoms with Crippen molar-refractivity contribution in [1.29, 1.82) is 0 Å². The van der Waals surface area contributed by atoms with Gasteiger partial charge < -0.3 is 15.4 Å². The Hall–Kier alpha value is -1.05. The Morgan fingerprint density at radius 1 is 1.33 bits per heavy atom. The largest absolute Gasteiger partial charge is 0.379 e. The smallest absolute Gasteiger partial charge is 0.191 e. The fourth-order valence-corrected chi connectivity index (χ4v) is 2.71. The molecule has 7 heteroatoms. The van der Waals surface area contributed by atoms with E-state index in [-0.39, 0.29) is 0 Å². The molecular weight excluding hydrogens is 286 g/mol. The van der Waals surface area contributed by atoms with E-state index in [1.807, 2.05) is 12.3 Å². The van der Waals surface area contributed by atoms with Gasteiger partial charge in [0.2, 0.25) is 0 Å². The fourth-order valence-electron chi connectivity index (χ4n) is 2.33. The number of hydrogen-bond acceptors (Lipinski definition) is 7. The van der Waals surface area contributed by atoms with Crippen LogP contribution < -0.4 is 10.6 Å². The summed E-state index contributed by atoms with van der Waals surface area (Å²) in [6.45, 7) is 9.79. The Balaban J connectivity index is 1.95. The monoisotopic (exact) mass is 311 g/mol. The molecule has 1 unspecified atom stereocenters. The lowest BCUT2D eigenvalue weighted by Crippen LogP contribution is -2.42. The van der Waals surface area contributed by atoms with Crippen molar-refractivity contribution in [3.8, 4) is 0 Å². The van der Waals surface area contributed by atoms with Crippen LogP contribution in [0.3, 0.4) is 0 Å². The maximum atomic E-state index is 5.38. The first-order valence-corrected chi connectivity index (χ1v) is 8.67. The van der Waals surface area contributed by atoms with Crippen molar-refractivity contribution in [3.63, 3.8) is 0 Å². The second kappa shape index (κ2) is 8.41. The minimum Gasteiger partial charge on any atom is -0.379 e. The van der Waals surface area contributed by atoms with Gasteiger partial charge in [-0.1, -0.05) is 11.8 Å². The number of aromatic nitrogens is 2. The summed E-state index contributed by atoms with van der Waals surface area (Å²) >= 11 is 1.56. The summed E-state index contributed by atoms with van der Waals surface area (Å²) in [5.41, 5.74) is 0. The van der Waals surface area contributed by atoms with Gasteiger partial charge in [-0.2, -0.15) is 0 Å². The van der Waals surface area contributed by atoms with Gasteiger partial charge in [0.1, 0.15) is 11.6 Å².